The van der Waals surface area contributed by atoms with Gasteiger partial charge in [-0.1, -0.05) is 99.6 Å². The normalized spacial score (nSPS) is 11.6. The summed E-state index contributed by atoms with van der Waals surface area (Å²) in [5.41, 5.74) is 9.35. The van der Waals surface area contributed by atoms with Crippen LogP contribution in [0, 0.1) is 0 Å². The number of para-hydroxylation sites is 2. The van der Waals surface area contributed by atoms with E-state index in [0.29, 0.717) is 11.5 Å². The summed E-state index contributed by atoms with van der Waals surface area (Å²) in [4.78, 5) is 4.93. The smallest absolute Gasteiger partial charge is 0.206 e. The molecule has 8 rings (SSSR count). The van der Waals surface area contributed by atoms with Crippen molar-refractivity contribution < 1.29 is 17.9 Å². The Hall–Kier alpha value is -7.09. The molecular formula is C55H50N2O4S. The Morgan fingerprint density at radius 2 is 0.806 bits per heavy atom. The Morgan fingerprint density at radius 3 is 1.26 bits per heavy atom. The van der Waals surface area contributed by atoms with Crippen molar-refractivity contribution in [2.45, 2.75) is 55.9 Å². The van der Waals surface area contributed by atoms with Crippen LogP contribution in [0.3, 0.4) is 0 Å². The molecule has 0 heterocycles. The van der Waals surface area contributed by atoms with Crippen molar-refractivity contribution in [1.29, 1.82) is 0 Å². The number of benzene rings is 8. The van der Waals surface area contributed by atoms with Crippen LogP contribution in [-0.4, -0.2) is 14.5 Å². The van der Waals surface area contributed by atoms with Crippen LogP contribution in [0.25, 0.3) is 11.1 Å². The molecular weight excluding hydrogens is 785 g/mol. The average Bonchev–Trinajstić information content (AvgIpc) is 3.28. The molecule has 0 aliphatic rings. The minimum Gasteiger partial charge on any atom is -0.491 e. The molecule has 0 N–H and O–H groups in total. The van der Waals surface area contributed by atoms with Gasteiger partial charge in [-0.05, 0) is 157 Å². The average molecular weight is 835 g/mol. The molecule has 0 unspecified atom stereocenters. The SMILES string of the molecule is CC(C)Oc1cccc(N(c2ccccc2)c2ccc(-c3ccc(N(c4ccccc4)c4ccc(Oc5ccc(S(=O)(=O)c6ccc(C(C)(C)C)cc6)cc5)cc4)cc3)cc2)c1. The number of ether oxygens (including phenoxy) is 2. The van der Waals surface area contributed by atoms with Crippen LogP contribution >= 0.6 is 0 Å². The van der Waals surface area contributed by atoms with Gasteiger partial charge >= 0.3 is 0 Å². The molecule has 0 atom stereocenters. The number of hydrogen-bond acceptors (Lipinski definition) is 6. The van der Waals surface area contributed by atoms with Crippen LogP contribution in [0.4, 0.5) is 34.1 Å². The maximum Gasteiger partial charge on any atom is 0.206 e. The summed E-state index contributed by atoms with van der Waals surface area (Å²) in [5.74, 6) is 2.01. The van der Waals surface area contributed by atoms with E-state index in [4.69, 9.17) is 9.47 Å². The minimum absolute atomic E-state index is 0.0636. The number of rotatable bonds is 13. The van der Waals surface area contributed by atoms with Crippen molar-refractivity contribution in [2.75, 3.05) is 9.80 Å². The number of sulfone groups is 1. The topological polar surface area (TPSA) is 59.1 Å². The van der Waals surface area contributed by atoms with Crippen molar-refractivity contribution in [2.24, 2.45) is 0 Å². The third-order valence-corrected chi connectivity index (χ3v) is 12.3. The molecule has 0 fully saturated rings. The van der Waals surface area contributed by atoms with Gasteiger partial charge in [0.1, 0.15) is 17.2 Å². The van der Waals surface area contributed by atoms with Crippen LogP contribution in [0.15, 0.2) is 216 Å². The molecule has 7 heteroatoms. The zero-order valence-electron chi connectivity index (χ0n) is 35.6. The van der Waals surface area contributed by atoms with Crippen LogP contribution in [0.1, 0.15) is 40.2 Å². The summed E-state index contributed by atoms with van der Waals surface area (Å²) in [6.45, 7) is 10.4. The van der Waals surface area contributed by atoms with Gasteiger partial charge in [-0.25, -0.2) is 8.42 Å². The molecule has 0 amide bonds. The lowest BCUT2D eigenvalue weighted by molar-refractivity contribution is 0.242. The maximum atomic E-state index is 13.4. The van der Waals surface area contributed by atoms with Gasteiger partial charge in [0.15, 0.2) is 0 Å². The Bertz CT molecular complexity index is 2820. The predicted octanol–water partition coefficient (Wildman–Crippen LogP) is 15.0. The molecule has 0 aliphatic carbocycles. The lowest BCUT2D eigenvalue weighted by Crippen LogP contribution is -2.11. The van der Waals surface area contributed by atoms with Crippen LogP contribution in [0.2, 0.25) is 0 Å². The van der Waals surface area contributed by atoms with Gasteiger partial charge < -0.3 is 19.3 Å². The van der Waals surface area contributed by atoms with E-state index in [9.17, 15) is 8.42 Å². The summed E-state index contributed by atoms with van der Waals surface area (Å²) in [6, 6.07) is 67.7. The molecule has 6 nitrogen and oxygen atoms in total. The lowest BCUT2D eigenvalue weighted by Gasteiger charge is -2.26. The summed E-state index contributed by atoms with van der Waals surface area (Å²) in [7, 11) is -3.67. The van der Waals surface area contributed by atoms with Crippen molar-refractivity contribution in [3.05, 3.63) is 212 Å². The molecule has 8 aromatic rings. The monoisotopic (exact) mass is 834 g/mol. The van der Waals surface area contributed by atoms with Gasteiger partial charge in [-0.15, -0.1) is 0 Å². The first-order chi connectivity index (χ1) is 29.9. The predicted molar refractivity (Wildman–Crippen MR) is 254 cm³/mol. The third-order valence-electron chi connectivity index (χ3n) is 10.6. The van der Waals surface area contributed by atoms with Gasteiger partial charge in [0, 0.05) is 40.2 Å². The zero-order valence-corrected chi connectivity index (χ0v) is 36.5. The Morgan fingerprint density at radius 1 is 0.419 bits per heavy atom. The zero-order chi connectivity index (χ0) is 43.3. The molecule has 8 aromatic carbocycles. The van der Waals surface area contributed by atoms with E-state index >= 15 is 0 Å². The van der Waals surface area contributed by atoms with E-state index in [1.807, 2.05) is 86.6 Å². The second-order valence-corrected chi connectivity index (χ2v) is 18.4. The summed E-state index contributed by atoms with van der Waals surface area (Å²) < 4.78 is 39.0. The van der Waals surface area contributed by atoms with Gasteiger partial charge in [-0.2, -0.15) is 0 Å². The van der Waals surface area contributed by atoms with Gasteiger partial charge in [0.2, 0.25) is 9.84 Å². The third kappa shape index (κ3) is 9.44. The fourth-order valence-electron chi connectivity index (χ4n) is 7.38. The van der Waals surface area contributed by atoms with E-state index in [0.717, 1.165) is 56.6 Å². The standard InChI is InChI=1S/C55H50N2O4S/c1-40(2)60-52-18-12-17-49(39-52)57(45-15-10-7-11-16-45)47-27-21-42(22-28-47)41-19-25-46(26-20-41)56(44-13-8-6-9-14-44)48-29-31-50(32-30-48)61-51-33-37-54(38-34-51)62(58,59)53-35-23-43(24-36-53)55(3,4)5/h6-40H,1-5H3. The van der Waals surface area contributed by atoms with Crippen molar-refractivity contribution in [3.63, 3.8) is 0 Å². The number of anilines is 6. The van der Waals surface area contributed by atoms with Crippen LogP contribution in [0.5, 0.6) is 17.2 Å². The Kier molecular flexibility index (Phi) is 12.0. The molecule has 310 valence electrons. The van der Waals surface area contributed by atoms with Gasteiger partial charge in [0.05, 0.1) is 15.9 Å². The minimum atomic E-state index is -3.67. The Labute approximate surface area is 366 Å². The van der Waals surface area contributed by atoms with Gasteiger partial charge in [-0.3, -0.25) is 0 Å². The summed E-state index contributed by atoms with van der Waals surface area (Å²) in [6.07, 6.45) is 0.0808. The van der Waals surface area contributed by atoms with Crippen molar-refractivity contribution in [3.8, 4) is 28.4 Å². The first-order valence-electron chi connectivity index (χ1n) is 20.8. The van der Waals surface area contributed by atoms with E-state index < -0.39 is 9.84 Å². The number of hydrogen-bond donors (Lipinski definition) is 0. The van der Waals surface area contributed by atoms with Gasteiger partial charge in [0.25, 0.3) is 0 Å². The molecule has 62 heavy (non-hydrogen) atoms. The quantitative estimate of drug-likeness (QED) is 0.115. The van der Waals surface area contributed by atoms with Crippen molar-refractivity contribution in [1.82, 2.24) is 0 Å². The van der Waals surface area contributed by atoms with Crippen molar-refractivity contribution >= 4 is 44.0 Å². The molecule has 0 saturated heterocycles. The summed E-state index contributed by atoms with van der Waals surface area (Å²) in [5, 5.41) is 0. The fourth-order valence-corrected chi connectivity index (χ4v) is 8.64. The largest absolute Gasteiger partial charge is 0.491 e. The molecule has 0 bridgehead atoms. The summed E-state index contributed by atoms with van der Waals surface area (Å²) >= 11 is 0. The molecule has 0 aromatic heterocycles. The fraction of sp³-hybridized carbons (Fsp3) is 0.127. The maximum absolute atomic E-state index is 13.4. The highest BCUT2D eigenvalue weighted by Gasteiger charge is 2.21. The lowest BCUT2D eigenvalue weighted by atomic mass is 9.87. The first kappa shape index (κ1) is 41.6. The highest BCUT2D eigenvalue weighted by molar-refractivity contribution is 7.91. The number of nitrogens with zero attached hydrogens (tertiary/aromatic N) is 2. The van der Waals surface area contributed by atoms with Crippen LogP contribution < -0.4 is 19.3 Å². The molecule has 0 saturated carbocycles. The molecule has 0 aliphatic heterocycles. The first-order valence-corrected chi connectivity index (χ1v) is 22.3. The Balaban J connectivity index is 0.996. The van der Waals surface area contributed by atoms with E-state index in [1.54, 1.807) is 36.4 Å². The van der Waals surface area contributed by atoms with E-state index in [-0.39, 0.29) is 21.3 Å². The van der Waals surface area contributed by atoms with Crippen LogP contribution in [-0.2, 0) is 15.3 Å². The second kappa shape index (κ2) is 17.9. The van der Waals surface area contributed by atoms with E-state index in [2.05, 4.69) is 128 Å². The second-order valence-electron chi connectivity index (χ2n) is 16.4. The molecule has 0 spiro atoms. The highest BCUT2D eigenvalue weighted by Crippen LogP contribution is 2.39. The highest BCUT2D eigenvalue weighted by atomic mass is 32.2. The molecule has 0 radical (unpaired) electrons. The van der Waals surface area contributed by atoms with E-state index in [1.165, 1.54) is 0 Å².